The second-order valence-corrected chi connectivity index (χ2v) is 5.95. The molecule has 0 aliphatic rings. The third-order valence-electron chi connectivity index (χ3n) is 1.84. The third kappa shape index (κ3) is 2.99. The van der Waals surface area contributed by atoms with Crippen LogP contribution in [0.15, 0.2) is 55.4 Å². The quantitative estimate of drug-likeness (QED) is 0.866. The van der Waals surface area contributed by atoms with E-state index >= 15 is 0 Å². The standard InChI is InChI=1S/C11H8Br2N2S/c12-7-2-1-3-9(4-7)16-11-10(13)5-8(14)6-15-11/h1-6H,14H2. The van der Waals surface area contributed by atoms with E-state index in [9.17, 15) is 0 Å². The smallest absolute Gasteiger partial charge is 0.115 e. The largest absolute Gasteiger partial charge is 0.397 e. The minimum atomic E-state index is 0.658. The maximum atomic E-state index is 5.64. The molecule has 2 rings (SSSR count). The lowest BCUT2D eigenvalue weighted by Crippen LogP contribution is -1.88. The van der Waals surface area contributed by atoms with Gasteiger partial charge in [0, 0.05) is 9.37 Å². The average Bonchev–Trinajstić information content (AvgIpc) is 2.22. The van der Waals surface area contributed by atoms with E-state index < -0.39 is 0 Å². The van der Waals surface area contributed by atoms with Gasteiger partial charge in [0.2, 0.25) is 0 Å². The Morgan fingerprint density at radius 3 is 2.69 bits per heavy atom. The van der Waals surface area contributed by atoms with Gasteiger partial charge in [-0.25, -0.2) is 4.98 Å². The van der Waals surface area contributed by atoms with Gasteiger partial charge < -0.3 is 5.73 Å². The molecule has 0 atom stereocenters. The highest BCUT2D eigenvalue weighted by Crippen LogP contribution is 2.33. The van der Waals surface area contributed by atoms with Gasteiger partial charge in [0.1, 0.15) is 5.03 Å². The SMILES string of the molecule is Nc1cnc(Sc2cccc(Br)c2)c(Br)c1. The summed E-state index contributed by atoms with van der Waals surface area (Å²) < 4.78 is 1.97. The highest BCUT2D eigenvalue weighted by molar-refractivity contribution is 9.10. The molecule has 2 nitrogen and oxygen atoms in total. The molecule has 5 heteroatoms. The fourth-order valence-electron chi connectivity index (χ4n) is 1.16. The van der Waals surface area contributed by atoms with Crippen LogP contribution in [0.4, 0.5) is 5.69 Å². The average molecular weight is 360 g/mol. The molecule has 1 aromatic carbocycles. The first kappa shape index (κ1) is 12.0. The molecule has 2 N–H and O–H groups in total. The number of hydrogen-bond donors (Lipinski definition) is 1. The van der Waals surface area contributed by atoms with Crippen molar-refractivity contribution in [1.29, 1.82) is 0 Å². The third-order valence-corrected chi connectivity index (χ3v) is 4.21. The van der Waals surface area contributed by atoms with E-state index in [1.54, 1.807) is 18.0 Å². The maximum absolute atomic E-state index is 5.64. The minimum Gasteiger partial charge on any atom is -0.397 e. The molecule has 0 amide bonds. The number of nitrogen functional groups attached to an aromatic ring is 1. The van der Waals surface area contributed by atoms with Crippen LogP contribution in [-0.4, -0.2) is 4.98 Å². The van der Waals surface area contributed by atoms with Gasteiger partial charge in [-0.05, 0) is 40.2 Å². The number of benzene rings is 1. The van der Waals surface area contributed by atoms with Gasteiger partial charge in [-0.1, -0.05) is 33.8 Å². The second kappa shape index (κ2) is 5.21. The molecular formula is C11H8Br2N2S. The molecule has 82 valence electrons. The van der Waals surface area contributed by atoms with Crippen LogP contribution in [0.1, 0.15) is 0 Å². The molecular weight excluding hydrogens is 352 g/mol. The number of aromatic nitrogens is 1. The van der Waals surface area contributed by atoms with E-state index in [0.29, 0.717) is 5.69 Å². The van der Waals surface area contributed by atoms with E-state index in [4.69, 9.17) is 5.73 Å². The van der Waals surface area contributed by atoms with Crippen LogP contribution < -0.4 is 5.73 Å². The van der Waals surface area contributed by atoms with Crippen molar-refractivity contribution in [2.75, 3.05) is 5.73 Å². The molecule has 1 aromatic heterocycles. The molecule has 0 bridgehead atoms. The summed E-state index contributed by atoms with van der Waals surface area (Å²) in [6.07, 6.45) is 1.66. The lowest BCUT2D eigenvalue weighted by molar-refractivity contribution is 1.11. The van der Waals surface area contributed by atoms with Gasteiger partial charge in [0.25, 0.3) is 0 Å². The molecule has 0 fully saturated rings. The van der Waals surface area contributed by atoms with Crippen molar-refractivity contribution in [2.45, 2.75) is 9.92 Å². The van der Waals surface area contributed by atoms with Crippen LogP contribution in [0.5, 0.6) is 0 Å². The van der Waals surface area contributed by atoms with Crippen molar-refractivity contribution in [1.82, 2.24) is 4.98 Å². The zero-order chi connectivity index (χ0) is 11.5. The Kier molecular flexibility index (Phi) is 3.89. The minimum absolute atomic E-state index is 0.658. The van der Waals surface area contributed by atoms with Crippen molar-refractivity contribution < 1.29 is 0 Å². The Morgan fingerprint density at radius 2 is 2.00 bits per heavy atom. The van der Waals surface area contributed by atoms with Crippen LogP contribution in [0.3, 0.4) is 0 Å². The summed E-state index contributed by atoms with van der Waals surface area (Å²) in [5.74, 6) is 0. The number of halogens is 2. The highest BCUT2D eigenvalue weighted by atomic mass is 79.9. The second-order valence-electron chi connectivity index (χ2n) is 3.12. The molecule has 0 unspecified atom stereocenters. The highest BCUT2D eigenvalue weighted by Gasteiger charge is 2.04. The molecule has 0 aliphatic heterocycles. The van der Waals surface area contributed by atoms with Gasteiger partial charge in [-0.3, -0.25) is 0 Å². The van der Waals surface area contributed by atoms with Crippen LogP contribution in [0.2, 0.25) is 0 Å². The predicted molar refractivity (Wildman–Crippen MR) is 74.6 cm³/mol. The Balaban J connectivity index is 2.27. The molecule has 1 heterocycles. The monoisotopic (exact) mass is 358 g/mol. The van der Waals surface area contributed by atoms with Crippen molar-refractivity contribution in [3.63, 3.8) is 0 Å². The Labute approximate surface area is 115 Å². The van der Waals surface area contributed by atoms with E-state index in [0.717, 1.165) is 18.9 Å². The molecule has 16 heavy (non-hydrogen) atoms. The Hall–Kier alpha value is -0.520. The summed E-state index contributed by atoms with van der Waals surface area (Å²) in [5, 5.41) is 0.910. The maximum Gasteiger partial charge on any atom is 0.115 e. The number of anilines is 1. The first-order valence-corrected chi connectivity index (χ1v) is 6.90. The zero-order valence-electron chi connectivity index (χ0n) is 8.15. The van der Waals surface area contributed by atoms with Gasteiger partial charge in [-0.15, -0.1) is 0 Å². The summed E-state index contributed by atoms with van der Waals surface area (Å²) in [4.78, 5) is 5.41. The van der Waals surface area contributed by atoms with Crippen LogP contribution >= 0.6 is 43.6 Å². The van der Waals surface area contributed by atoms with Crippen LogP contribution in [0, 0.1) is 0 Å². The van der Waals surface area contributed by atoms with Gasteiger partial charge in [-0.2, -0.15) is 0 Å². The number of rotatable bonds is 2. The Morgan fingerprint density at radius 1 is 1.19 bits per heavy atom. The summed E-state index contributed by atoms with van der Waals surface area (Å²) >= 11 is 8.48. The molecule has 2 aromatic rings. The Bertz CT molecular complexity index is 517. The van der Waals surface area contributed by atoms with E-state index in [1.807, 2.05) is 24.3 Å². The first-order chi connectivity index (χ1) is 7.65. The first-order valence-electron chi connectivity index (χ1n) is 4.49. The molecule has 0 radical (unpaired) electrons. The van der Waals surface area contributed by atoms with Crippen molar-refractivity contribution in [3.8, 4) is 0 Å². The van der Waals surface area contributed by atoms with Gasteiger partial charge in [0.05, 0.1) is 16.4 Å². The van der Waals surface area contributed by atoms with E-state index in [-0.39, 0.29) is 0 Å². The number of nitrogens with zero attached hydrogens (tertiary/aromatic N) is 1. The summed E-state index contributed by atoms with van der Waals surface area (Å²) in [7, 11) is 0. The molecule has 0 aliphatic carbocycles. The molecule has 0 spiro atoms. The van der Waals surface area contributed by atoms with E-state index in [2.05, 4.69) is 42.9 Å². The number of pyridine rings is 1. The number of hydrogen-bond acceptors (Lipinski definition) is 3. The normalized spacial score (nSPS) is 10.4. The fourth-order valence-corrected chi connectivity index (χ4v) is 3.14. The lowest BCUT2D eigenvalue weighted by atomic mass is 10.4. The molecule has 0 saturated heterocycles. The fraction of sp³-hybridized carbons (Fsp3) is 0. The predicted octanol–water partition coefficient (Wildman–Crippen LogP) is 4.34. The number of nitrogens with two attached hydrogens (primary N) is 1. The van der Waals surface area contributed by atoms with Gasteiger partial charge in [0.15, 0.2) is 0 Å². The van der Waals surface area contributed by atoms with Crippen molar-refractivity contribution >= 4 is 49.3 Å². The van der Waals surface area contributed by atoms with Crippen molar-refractivity contribution in [2.24, 2.45) is 0 Å². The summed E-state index contributed by atoms with van der Waals surface area (Å²) in [5.41, 5.74) is 6.29. The lowest BCUT2D eigenvalue weighted by Gasteiger charge is -2.04. The summed E-state index contributed by atoms with van der Waals surface area (Å²) in [6, 6.07) is 9.94. The van der Waals surface area contributed by atoms with E-state index in [1.165, 1.54) is 0 Å². The van der Waals surface area contributed by atoms with Crippen LogP contribution in [0.25, 0.3) is 0 Å². The summed E-state index contributed by atoms with van der Waals surface area (Å²) in [6.45, 7) is 0. The van der Waals surface area contributed by atoms with Gasteiger partial charge >= 0.3 is 0 Å². The topological polar surface area (TPSA) is 38.9 Å². The zero-order valence-corrected chi connectivity index (χ0v) is 12.1. The van der Waals surface area contributed by atoms with Crippen molar-refractivity contribution in [3.05, 3.63) is 45.5 Å². The van der Waals surface area contributed by atoms with Crippen LogP contribution in [-0.2, 0) is 0 Å². The molecule has 0 saturated carbocycles.